The molecule has 0 atom stereocenters. The number of anilines is 3. The number of pyridine rings is 1. The summed E-state index contributed by atoms with van der Waals surface area (Å²) in [5, 5.41) is 5.24. The van der Waals surface area contributed by atoms with Gasteiger partial charge < -0.3 is 4.90 Å². The largest absolute Gasteiger partial charge is 0.309 e. The van der Waals surface area contributed by atoms with Crippen LogP contribution in [0.25, 0.3) is 88.3 Å². The molecule has 0 amide bonds. The molecule has 2 aliphatic carbocycles. The third kappa shape index (κ3) is 4.14. The van der Waals surface area contributed by atoms with Gasteiger partial charge in [0.05, 0.1) is 11.9 Å². The average molecular weight is 647 g/mol. The van der Waals surface area contributed by atoms with Crippen LogP contribution in [0.3, 0.4) is 0 Å². The van der Waals surface area contributed by atoms with Crippen LogP contribution in [-0.2, 0) is 0 Å². The second-order valence-electron chi connectivity index (χ2n) is 13.5. The van der Waals surface area contributed by atoms with Crippen molar-refractivity contribution in [2.45, 2.75) is 0 Å². The summed E-state index contributed by atoms with van der Waals surface area (Å²) in [5.41, 5.74) is 18.5. The summed E-state index contributed by atoms with van der Waals surface area (Å²) >= 11 is 0. The number of rotatable bonds is 5. The van der Waals surface area contributed by atoms with E-state index in [-0.39, 0.29) is 0 Å². The summed E-state index contributed by atoms with van der Waals surface area (Å²) in [7, 11) is 0. The van der Waals surface area contributed by atoms with E-state index >= 15 is 0 Å². The zero-order valence-electron chi connectivity index (χ0n) is 27.7. The maximum Gasteiger partial charge on any atom is 0.0644 e. The molecule has 0 saturated heterocycles. The molecule has 0 spiro atoms. The van der Waals surface area contributed by atoms with Gasteiger partial charge in [-0.3, -0.25) is 4.98 Å². The Morgan fingerprint density at radius 3 is 1.20 bits per heavy atom. The molecule has 1 aromatic heterocycles. The van der Waals surface area contributed by atoms with E-state index < -0.39 is 0 Å². The maximum absolute atomic E-state index is 4.55. The van der Waals surface area contributed by atoms with Crippen molar-refractivity contribution in [2.24, 2.45) is 0 Å². The summed E-state index contributed by atoms with van der Waals surface area (Å²) < 4.78 is 0. The van der Waals surface area contributed by atoms with Crippen LogP contribution in [0.4, 0.5) is 17.1 Å². The second kappa shape index (κ2) is 10.9. The highest BCUT2D eigenvalue weighted by Gasteiger charge is 2.24. The average Bonchev–Trinajstić information content (AvgIpc) is 3.71. The van der Waals surface area contributed by atoms with E-state index in [4.69, 9.17) is 0 Å². The lowest BCUT2D eigenvalue weighted by Gasteiger charge is -2.26. The van der Waals surface area contributed by atoms with E-state index in [0.717, 1.165) is 17.1 Å². The topological polar surface area (TPSA) is 16.1 Å². The minimum absolute atomic E-state index is 1.01. The molecule has 51 heavy (non-hydrogen) atoms. The van der Waals surface area contributed by atoms with Gasteiger partial charge in [0.15, 0.2) is 0 Å². The standard InChI is InChI=1S/C49H30N2/c1-3-17-40-38(15-1)44-21-7-19-42-36(23-25-46(40)48(42)44)31-10-5-12-33(28-31)51(35-14-9-27-50-30-35)34-13-6-11-32(29-34)37-24-26-47-41-18-4-2-16-39(41)45-22-8-20-43(37)49(45)47/h1-30H. The third-order valence-electron chi connectivity index (χ3n) is 10.8. The zero-order chi connectivity index (χ0) is 33.5. The fourth-order valence-corrected chi connectivity index (χ4v) is 8.68. The van der Waals surface area contributed by atoms with Crippen molar-refractivity contribution < 1.29 is 0 Å². The predicted octanol–water partition coefficient (Wildman–Crippen LogP) is 13.5. The lowest BCUT2D eigenvalue weighted by Crippen LogP contribution is -2.10. The summed E-state index contributed by atoms with van der Waals surface area (Å²) in [6.45, 7) is 0. The molecule has 0 saturated carbocycles. The molecule has 2 aliphatic rings. The predicted molar refractivity (Wildman–Crippen MR) is 214 cm³/mol. The van der Waals surface area contributed by atoms with Crippen LogP contribution in [0.1, 0.15) is 0 Å². The molecule has 236 valence electrons. The van der Waals surface area contributed by atoms with Crippen molar-refractivity contribution in [3.8, 4) is 66.8 Å². The first-order chi connectivity index (χ1) is 25.3. The minimum atomic E-state index is 1.01. The molecule has 1 heterocycles. The zero-order valence-corrected chi connectivity index (χ0v) is 27.7. The van der Waals surface area contributed by atoms with Crippen molar-refractivity contribution in [1.82, 2.24) is 4.98 Å². The summed E-state index contributed by atoms with van der Waals surface area (Å²) in [4.78, 5) is 6.88. The first kappa shape index (κ1) is 28.1. The highest BCUT2D eigenvalue weighted by atomic mass is 15.1. The number of aromatic nitrogens is 1. The van der Waals surface area contributed by atoms with Gasteiger partial charge in [-0.15, -0.1) is 0 Å². The summed E-state index contributed by atoms with van der Waals surface area (Å²) in [5.74, 6) is 0. The van der Waals surface area contributed by atoms with E-state index in [1.54, 1.807) is 0 Å². The van der Waals surface area contributed by atoms with Crippen molar-refractivity contribution in [2.75, 3.05) is 4.90 Å². The molecule has 2 heteroatoms. The van der Waals surface area contributed by atoms with Gasteiger partial charge in [-0.1, -0.05) is 133 Å². The van der Waals surface area contributed by atoms with Crippen LogP contribution < -0.4 is 4.90 Å². The van der Waals surface area contributed by atoms with E-state index in [0.29, 0.717) is 0 Å². The molecule has 11 rings (SSSR count). The Morgan fingerprint density at radius 1 is 0.314 bits per heavy atom. The molecule has 0 N–H and O–H groups in total. The number of benzene rings is 8. The number of hydrogen-bond acceptors (Lipinski definition) is 2. The highest BCUT2D eigenvalue weighted by molar-refractivity contribution is 6.20. The van der Waals surface area contributed by atoms with Crippen LogP contribution in [0.2, 0.25) is 0 Å². The van der Waals surface area contributed by atoms with Crippen LogP contribution >= 0.6 is 0 Å². The van der Waals surface area contributed by atoms with Crippen LogP contribution in [0.5, 0.6) is 0 Å². The van der Waals surface area contributed by atoms with Crippen molar-refractivity contribution >= 4 is 38.6 Å². The Kier molecular flexibility index (Phi) is 5.99. The SMILES string of the molecule is c1cncc(N(c2cccc(-c3ccc4c5c(cccc35)-c3ccccc3-4)c2)c2cccc(-c3ccc4c5c(cccc35)-c3ccccc3-4)c2)c1. The van der Waals surface area contributed by atoms with E-state index in [9.17, 15) is 0 Å². The molecule has 8 aromatic carbocycles. The molecule has 0 aliphatic heterocycles. The van der Waals surface area contributed by atoms with Gasteiger partial charge in [0.2, 0.25) is 0 Å². The van der Waals surface area contributed by atoms with Crippen molar-refractivity contribution in [3.63, 3.8) is 0 Å². The molecule has 0 bridgehead atoms. The quantitative estimate of drug-likeness (QED) is 0.185. The van der Waals surface area contributed by atoms with Gasteiger partial charge in [0.1, 0.15) is 0 Å². The van der Waals surface area contributed by atoms with Gasteiger partial charge >= 0.3 is 0 Å². The first-order valence-corrected chi connectivity index (χ1v) is 17.5. The van der Waals surface area contributed by atoms with Crippen molar-refractivity contribution in [3.05, 3.63) is 182 Å². The molecule has 0 radical (unpaired) electrons. The number of hydrogen-bond donors (Lipinski definition) is 0. The number of fused-ring (bicyclic) bond motifs is 6. The van der Waals surface area contributed by atoms with Gasteiger partial charge in [-0.25, -0.2) is 0 Å². The van der Waals surface area contributed by atoms with Gasteiger partial charge in [0, 0.05) is 17.6 Å². The van der Waals surface area contributed by atoms with Crippen LogP contribution in [0.15, 0.2) is 182 Å². The Bertz CT molecular complexity index is 2630. The Hall–Kier alpha value is -6.77. The molecular weight excluding hydrogens is 617 g/mol. The smallest absolute Gasteiger partial charge is 0.0644 e. The Balaban J connectivity index is 1.06. The van der Waals surface area contributed by atoms with E-state index in [1.165, 1.54) is 88.3 Å². The van der Waals surface area contributed by atoms with E-state index in [1.807, 2.05) is 18.5 Å². The maximum atomic E-state index is 4.55. The molecule has 9 aromatic rings. The first-order valence-electron chi connectivity index (χ1n) is 17.5. The lowest BCUT2D eigenvalue weighted by atomic mass is 9.93. The minimum Gasteiger partial charge on any atom is -0.309 e. The Morgan fingerprint density at radius 2 is 0.725 bits per heavy atom. The molecule has 0 unspecified atom stereocenters. The van der Waals surface area contributed by atoms with Crippen LogP contribution in [0, 0.1) is 0 Å². The monoisotopic (exact) mass is 646 g/mol. The third-order valence-corrected chi connectivity index (χ3v) is 10.8. The normalized spacial score (nSPS) is 11.9. The van der Waals surface area contributed by atoms with E-state index in [2.05, 4.69) is 174 Å². The van der Waals surface area contributed by atoms with Crippen LogP contribution in [-0.4, -0.2) is 4.98 Å². The number of nitrogens with zero attached hydrogens (tertiary/aromatic N) is 2. The highest BCUT2D eigenvalue weighted by Crippen LogP contribution is 2.51. The second-order valence-corrected chi connectivity index (χ2v) is 13.5. The van der Waals surface area contributed by atoms with Gasteiger partial charge in [-0.2, -0.15) is 0 Å². The summed E-state index contributed by atoms with van der Waals surface area (Å²) in [6, 6.07) is 62.2. The summed E-state index contributed by atoms with van der Waals surface area (Å²) in [6.07, 6.45) is 3.79. The molecular formula is C49H30N2. The van der Waals surface area contributed by atoms with Crippen molar-refractivity contribution in [1.29, 1.82) is 0 Å². The lowest BCUT2D eigenvalue weighted by molar-refractivity contribution is 1.23. The fourth-order valence-electron chi connectivity index (χ4n) is 8.68. The molecule has 2 nitrogen and oxygen atoms in total. The Labute approximate surface area is 296 Å². The van der Waals surface area contributed by atoms with Gasteiger partial charge in [-0.05, 0) is 125 Å². The molecule has 0 fully saturated rings. The fraction of sp³-hybridized carbons (Fsp3) is 0. The van der Waals surface area contributed by atoms with Gasteiger partial charge in [0.25, 0.3) is 0 Å².